The fourth-order valence-electron chi connectivity index (χ4n) is 2.81. The largest absolute Gasteiger partial charge is 0.449 e. The molecule has 1 saturated heterocycles. The Morgan fingerprint density at radius 1 is 1.33 bits per heavy atom. The van der Waals surface area contributed by atoms with Crippen molar-refractivity contribution in [3.8, 4) is 0 Å². The van der Waals surface area contributed by atoms with Gasteiger partial charge < -0.3 is 14.7 Å². The van der Waals surface area contributed by atoms with E-state index >= 15 is 0 Å². The van der Waals surface area contributed by atoms with Gasteiger partial charge >= 0.3 is 6.09 Å². The minimum absolute atomic E-state index is 0.0950. The number of aliphatic hydroxyl groups excluding tert-OH is 1. The molecular weight excluding hydrogens is 308 g/mol. The maximum atomic E-state index is 12.1. The third-order valence-electron chi connectivity index (χ3n) is 4.16. The fraction of sp³-hybridized carbons (Fsp3) is 0.765. The second-order valence-corrected chi connectivity index (χ2v) is 6.81. The number of hydrogen-bond acceptors (Lipinski definition) is 5. The number of hydrogen-bond donors (Lipinski definition) is 1. The summed E-state index contributed by atoms with van der Waals surface area (Å²) >= 11 is 0. The molecule has 2 heterocycles. The fourth-order valence-corrected chi connectivity index (χ4v) is 2.81. The number of nitrogens with zero attached hydrogens (tertiary/aromatic N) is 4. The summed E-state index contributed by atoms with van der Waals surface area (Å²) in [6.07, 6.45) is 2.75. The first-order valence-corrected chi connectivity index (χ1v) is 8.77. The second-order valence-electron chi connectivity index (χ2n) is 6.81. The quantitative estimate of drug-likeness (QED) is 0.851. The summed E-state index contributed by atoms with van der Waals surface area (Å²) in [6, 6.07) is 0. The number of ether oxygens (including phenoxy) is 1. The van der Waals surface area contributed by atoms with E-state index in [1.54, 1.807) is 4.68 Å². The maximum Gasteiger partial charge on any atom is 0.409 e. The molecule has 1 aromatic heterocycles. The molecule has 1 fully saturated rings. The molecule has 1 N–H and O–H groups in total. The molecule has 24 heavy (non-hydrogen) atoms. The average molecular weight is 338 g/mol. The van der Waals surface area contributed by atoms with Gasteiger partial charge in [-0.05, 0) is 19.3 Å². The van der Waals surface area contributed by atoms with Crippen molar-refractivity contribution >= 4 is 6.09 Å². The van der Waals surface area contributed by atoms with E-state index in [0.717, 1.165) is 38.3 Å². The smallest absolute Gasteiger partial charge is 0.409 e. The van der Waals surface area contributed by atoms with Crippen LogP contribution in [0.5, 0.6) is 0 Å². The monoisotopic (exact) mass is 338 g/mol. The lowest BCUT2D eigenvalue weighted by Gasteiger charge is -2.22. The van der Waals surface area contributed by atoms with E-state index < -0.39 is 0 Å². The van der Waals surface area contributed by atoms with Gasteiger partial charge in [0.1, 0.15) is 0 Å². The predicted molar refractivity (Wildman–Crippen MR) is 91.7 cm³/mol. The van der Waals surface area contributed by atoms with E-state index in [9.17, 15) is 4.79 Å². The van der Waals surface area contributed by atoms with Crippen LogP contribution in [0.3, 0.4) is 0 Å². The van der Waals surface area contributed by atoms with E-state index in [4.69, 9.17) is 9.84 Å². The van der Waals surface area contributed by atoms with Gasteiger partial charge in [0, 0.05) is 44.5 Å². The number of aliphatic hydroxyl groups is 1. The molecule has 7 nitrogen and oxygen atoms in total. The normalized spacial score (nSPS) is 16.5. The molecule has 0 radical (unpaired) electrons. The van der Waals surface area contributed by atoms with Gasteiger partial charge in [0.15, 0.2) is 0 Å². The highest BCUT2D eigenvalue weighted by Gasteiger charge is 2.21. The number of amides is 1. The number of carbonyl (C=O) groups is 1. The number of aryl methyl sites for hydroxylation is 1. The van der Waals surface area contributed by atoms with Crippen LogP contribution in [0.2, 0.25) is 0 Å². The van der Waals surface area contributed by atoms with Crippen molar-refractivity contribution in [3.05, 3.63) is 17.5 Å². The van der Waals surface area contributed by atoms with Crippen molar-refractivity contribution in [2.75, 3.05) is 39.4 Å². The Labute approximate surface area is 144 Å². The topological polar surface area (TPSA) is 70.8 Å². The Kier molecular flexibility index (Phi) is 7.05. The summed E-state index contributed by atoms with van der Waals surface area (Å²) in [5.74, 6) is 0.357. The van der Waals surface area contributed by atoms with Crippen molar-refractivity contribution in [1.82, 2.24) is 19.6 Å². The SMILES string of the molecule is Cc1nn(CCO)cc1CN1CCCN(C(=O)OCC(C)C)CC1. The van der Waals surface area contributed by atoms with Crippen molar-refractivity contribution in [1.29, 1.82) is 0 Å². The number of carbonyl (C=O) groups excluding carboxylic acids is 1. The molecule has 7 heteroatoms. The summed E-state index contributed by atoms with van der Waals surface area (Å²) in [5, 5.41) is 13.4. The molecule has 1 amide bonds. The lowest BCUT2D eigenvalue weighted by atomic mass is 10.2. The first-order valence-electron chi connectivity index (χ1n) is 8.77. The van der Waals surface area contributed by atoms with Crippen molar-refractivity contribution in [2.24, 2.45) is 5.92 Å². The Bertz CT molecular complexity index is 530. The lowest BCUT2D eigenvalue weighted by molar-refractivity contribution is 0.0930. The van der Waals surface area contributed by atoms with Crippen molar-refractivity contribution in [3.63, 3.8) is 0 Å². The third kappa shape index (κ3) is 5.49. The van der Waals surface area contributed by atoms with Gasteiger partial charge in [-0.15, -0.1) is 0 Å². The van der Waals surface area contributed by atoms with Crippen LogP contribution in [0, 0.1) is 12.8 Å². The summed E-state index contributed by atoms with van der Waals surface area (Å²) in [4.78, 5) is 16.3. The van der Waals surface area contributed by atoms with Crippen molar-refractivity contribution < 1.29 is 14.6 Å². The zero-order valence-corrected chi connectivity index (χ0v) is 15.1. The summed E-state index contributed by atoms with van der Waals surface area (Å²) in [7, 11) is 0. The molecule has 1 aliphatic heterocycles. The van der Waals surface area contributed by atoms with Gasteiger partial charge in [0.2, 0.25) is 0 Å². The van der Waals surface area contributed by atoms with Gasteiger partial charge in [0.05, 0.1) is 25.5 Å². The van der Waals surface area contributed by atoms with Crippen LogP contribution < -0.4 is 0 Å². The number of aromatic nitrogens is 2. The van der Waals surface area contributed by atoms with Crippen LogP contribution in [-0.2, 0) is 17.8 Å². The summed E-state index contributed by atoms with van der Waals surface area (Å²) in [5.41, 5.74) is 2.18. The standard InChI is InChI=1S/C17H30N4O3/c1-14(2)13-24-17(23)20-6-4-5-19(7-8-20)11-16-12-21(9-10-22)18-15(16)3/h12,14,22H,4-11,13H2,1-3H3. The number of rotatable bonds is 6. The Morgan fingerprint density at radius 3 is 2.83 bits per heavy atom. The third-order valence-corrected chi connectivity index (χ3v) is 4.16. The molecule has 0 aromatic carbocycles. The highest BCUT2D eigenvalue weighted by Crippen LogP contribution is 2.13. The van der Waals surface area contributed by atoms with Crippen LogP contribution in [0.1, 0.15) is 31.5 Å². The highest BCUT2D eigenvalue weighted by atomic mass is 16.6. The zero-order valence-electron chi connectivity index (χ0n) is 15.1. The summed E-state index contributed by atoms with van der Waals surface area (Å²) < 4.78 is 7.12. The van der Waals surface area contributed by atoms with E-state index in [-0.39, 0.29) is 12.7 Å². The Balaban J connectivity index is 1.85. The van der Waals surface area contributed by atoms with Gasteiger partial charge in [0.25, 0.3) is 0 Å². The Morgan fingerprint density at radius 2 is 2.12 bits per heavy atom. The van der Waals surface area contributed by atoms with E-state index in [2.05, 4.69) is 10.00 Å². The van der Waals surface area contributed by atoms with Crippen LogP contribution in [0.4, 0.5) is 4.79 Å². The van der Waals surface area contributed by atoms with Gasteiger partial charge in [-0.3, -0.25) is 9.58 Å². The van der Waals surface area contributed by atoms with Crippen LogP contribution in [0.15, 0.2) is 6.20 Å². The van der Waals surface area contributed by atoms with Crippen LogP contribution in [0.25, 0.3) is 0 Å². The van der Waals surface area contributed by atoms with Gasteiger partial charge in [-0.25, -0.2) is 4.79 Å². The van der Waals surface area contributed by atoms with Crippen molar-refractivity contribution in [2.45, 2.75) is 40.3 Å². The lowest BCUT2D eigenvalue weighted by Crippen LogP contribution is -2.36. The molecule has 0 spiro atoms. The minimum Gasteiger partial charge on any atom is -0.449 e. The first kappa shape index (κ1) is 18.7. The Hall–Kier alpha value is -1.60. The second kappa shape index (κ2) is 9.03. The van der Waals surface area contributed by atoms with Gasteiger partial charge in [-0.1, -0.05) is 13.8 Å². The van der Waals surface area contributed by atoms with Crippen LogP contribution >= 0.6 is 0 Å². The molecule has 0 atom stereocenters. The molecule has 0 aliphatic carbocycles. The minimum atomic E-state index is -0.197. The first-order chi connectivity index (χ1) is 11.5. The molecular formula is C17H30N4O3. The molecule has 1 aromatic rings. The molecule has 1 aliphatic rings. The molecule has 0 bridgehead atoms. The van der Waals surface area contributed by atoms with Crippen LogP contribution in [-0.4, -0.2) is 70.2 Å². The van der Waals surface area contributed by atoms with E-state index in [1.807, 2.05) is 31.9 Å². The van der Waals surface area contributed by atoms with E-state index in [0.29, 0.717) is 25.6 Å². The summed E-state index contributed by atoms with van der Waals surface area (Å²) in [6.45, 7) is 11.2. The molecule has 0 saturated carbocycles. The maximum absolute atomic E-state index is 12.1. The highest BCUT2D eigenvalue weighted by molar-refractivity contribution is 5.67. The van der Waals surface area contributed by atoms with Gasteiger partial charge in [-0.2, -0.15) is 5.10 Å². The van der Waals surface area contributed by atoms with E-state index in [1.165, 1.54) is 5.56 Å². The molecule has 2 rings (SSSR count). The molecule has 136 valence electrons. The average Bonchev–Trinajstić information content (AvgIpc) is 2.74. The molecule has 0 unspecified atom stereocenters. The predicted octanol–water partition coefficient (Wildman–Crippen LogP) is 1.48. The zero-order chi connectivity index (χ0) is 17.5.